The highest BCUT2D eigenvalue weighted by Crippen LogP contribution is 2.69. The number of rotatable bonds is 2. The van der Waals surface area contributed by atoms with Gasteiger partial charge in [-0.15, -0.1) is 0 Å². The first kappa shape index (κ1) is 18.3. The molecule has 0 heterocycles. The molecule has 3 saturated carbocycles. The minimum Gasteiger partial charge on any atom is -0.389 e. The molecule has 4 aliphatic carbocycles. The number of allylic oxidation sites excluding steroid dienone is 1. The molecule has 0 aromatic carbocycles. The largest absolute Gasteiger partial charge is 0.389 e. The fraction of sp³-hybridized carbons (Fsp3) is 0.810. The maximum atomic E-state index is 12.4. The van der Waals surface area contributed by atoms with Crippen LogP contribution in [-0.4, -0.2) is 44.7 Å². The van der Waals surface area contributed by atoms with E-state index in [0.717, 1.165) is 12.8 Å². The van der Waals surface area contributed by atoms with Crippen LogP contribution in [0.5, 0.6) is 0 Å². The molecule has 5 heteroatoms. The molecule has 26 heavy (non-hydrogen) atoms. The van der Waals surface area contributed by atoms with Crippen molar-refractivity contribution in [1.82, 2.24) is 0 Å². The number of hydrogen-bond acceptors (Lipinski definition) is 5. The molecular formula is C21H30O5. The van der Waals surface area contributed by atoms with Crippen molar-refractivity contribution in [2.24, 2.45) is 22.7 Å². The van der Waals surface area contributed by atoms with Crippen LogP contribution >= 0.6 is 0 Å². The quantitative estimate of drug-likeness (QED) is 0.698. The van der Waals surface area contributed by atoms with Crippen molar-refractivity contribution in [2.45, 2.75) is 76.4 Å². The molecule has 0 radical (unpaired) electrons. The Morgan fingerprint density at radius 3 is 2.46 bits per heavy atom. The highest BCUT2D eigenvalue weighted by atomic mass is 16.3. The number of Topliss-reactive ketones (excluding diaryl/α,β-unsaturated/α-hetero) is 1. The maximum Gasteiger partial charge on any atom is 0.190 e. The monoisotopic (exact) mass is 362 g/mol. The Hall–Kier alpha value is -1.04. The third kappa shape index (κ3) is 2.02. The molecule has 4 aliphatic rings. The van der Waals surface area contributed by atoms with Crippen LogP contribution in [0.15, 0.2) is 11.6 Å². The minimum absolute atomic E-state index is 0.0488. The van der Waals surface area contributed by atoms with Gasteiger partial charge in [-0.25, -0.2) is 0 Å². The van der Waals surface area contributed by atoms with Crippen LogP contribution in [-0.2, 0) is 9.59 Å². The summed E-state index contributed by atoms with van der Waals surface area (Å²) in [6.07, 6.45) is 6.67. The van der Waals surface area contributed by atoms with E-state index < -0.39 is 29.0 Å². The number of aliphatic hydroxyl groups is 3. The van der Waals surface area contributed by atoms with E-state index >= 15 is 0 Å². The molecular weight excluding hydrogens is 332 g/mol. The van der Waals surface area contributed by atoms with Gasteiger partial charge < -0.3 is 15.3 Å². The zero-order valence-electron chi connectivity index (χ0n) is 15.8. The fourth-order valence-electron chi connectivity index (χ4n) is 7.24. The molecule has 4 rings (SSSR count). The molecule has 0 aromatic rings. The average Bonchev–Trinajstić information content (AvgIpc) is 2.88. The lowest BCUT2D eigenvalue weighted by Crippen LogP contribution is -2.65. The second kappa shape index (κ2) is 5.49. The molecule has 0 aliphatic heterocycles. The molecule has 5 nitrogen and oxygen atoms in total. The number of fused-ring (bicyclic) bond motifs is 5. The second-order valence-corrected chi connectivity index (χ2v) is 9.59. The number of aliphatic hydroxyl groups excluding tert-OH is 1. The molecule has 0 spiro atoms. The Balaban J connectivity index is 1.75. The number of carbonyl (C=O) groups excluding carboxylic acids is 2. The highest BCUT2D eigenvalue weighted by molar-refractivity contribution is 5.92. The van der Waals surface area contributed by atoms with Gasteiger partial charge in [0.15, 0.2) is 11.6 Å². The van der Waals surface area contributed by atoms with Crippen LogP contribution in [0.1, 0.15) is 65.2 Å². The van der Waals surface area contributed by atoms with Crippen molar-refractivity contribution in [3.05, 3.63) is 11.6 Å². The van der Waals surface area contributed by atoms with E-state index in [1.54, 1.807) is 6.08 Å². The first-order chi connectivity index (χ1) is 12.1. The average molecular weight is 362 g/mol. The van der Waals surface area contributed by atoms with Gasteiger partial charge in [-0.3, -0.25) is 9.59 Å². The second-order valence-electron chi connectivity index (χ2n) is 9.59. The first-order valence-corrected chi connectivity index (χ1v) is 9.95. The van der Waals surface area contributed by atoms with Crippen LogP contribution in [0, 0.1) is 22.7 Å². The van der Waals surface area contributed by atoms with E-state index in [0.29, 0.717) is 38.5 Å². The Bertz CT molecular complexity index is 699. The smallest absolute Gasteiger partial charge is 0.190 e. The summed E-state index contributed by atoms with van der Waals surface area (Å²) in [6.45, 7) is 3.45. The normalized spacial score (nSPS) is 50.5. The summed E-state index contributed by atoms with van der Waals surface area (Å²) in [5, 5.41) is 32.4. The minimum atomic E-state index is -1.55. The third-order valence-electron chi connectivity index (χ3n) is 8.80. The summed E-state index contributed by atoms with van der Waals surface area (Å²) < 4.78 is 0. The summed E-state index contributed by atoms with van der Waals surface area (Å²) >= 11 is 0. The van der Waals surface area contributed by atoms with Crippen molar-refractivity contribution in [3.8, 4) is 0 Å². The molecule has 0 bridgehead atoms. The summed E-state index contributed by atoms with van der Waals surface area (Å²) in [5.74, 6) is -0.444. The van der Waals surface area contributed by atoms with E-state index in [9.17, 15) is 24.9 Å². The van der Waals surface area contributed by atoms with Gasteiger partial charge in [0.05, 0.1) is 5.60 Å². The van der Waals surface area contributed by atoms with Crippen LogP contribution in [0.25, 0.3) is 0 Å². The molecule has 0 saturated heterocycles. The standard InChI is InChI=1S/C21H30O5/c1-18-7-4-14(23)11-13(18)3-9-20(25)15(18)5-8-19(2)16(20)6-10-21(19,26)17(24)12-22/h11,15-16,22,25-26H,3-10,12H2,1-2H3/t15-,16-,18+,19+,20+,21+/m1/s1. The van der Waals surface area contributed by atoms with Crippen LogP contribution < -0.4 is 0 Å². The topological polar surface area (TPSA) is 94.8 Å². The third-order valence-corrected chi connectivity index (χ3v) is 8.80. The number of hydrogen-bond donors (Lipinski definition) is 3. The van der Waals surface area contributed by atoms with Crippen LogP contribution in [0.3, 0.4) is 0 Å². The van der Waals surface area contributed by atoms with Gasteiger partial charge >= 0.3 is 0 Å². The van der Waals surface area contributed by atoms with Gasteiger partial charge in [0.1, 0.15) is 12.2 Å². The van der Waals surface area contributed by atoms with Crippen molar-refractivity contribution >= 4 is 11.6 Å². The van der Waals surface area contributed by atoms with Gasteiger partial charge in [0, 0.05) is 11.8 Å². The van der Waals surface area contributed by atoms with E-state index in [1.165, 1.54) is 5.57 Å². The SMILES string of the molecule is C[C@]12CCC(=O)C=C1CC[C@]1(O)[C@@H]2CC[C@@]2(C)[C@H]1CC[C@]2(O)C(=O)CO. The molecule has 3 N–H and O–H groups in total. The van der Waals surface area contributed by atoms with Crippen molar-refractivity contribution in [2.75, 3.05) is 6.61 Å². The van der Waals surface area contributed by atoms with Crippen molar-refractivity contribution < 1.29 is 24.9 Å². The zero-order chi connectivity index (χ0) is 19.0. The number of carbonyl (C=O) groups is 2. The van der Waals surface area contributed by atoms with Gasteiger partial charge in [-0.2, -0.15) is 0 Å². The Kier molecular flexibility index (Phi) is 3.87. The molecule has 144 valence electrons. The summed E-state index contributed by atoms with van der Waals surface area (Å²) in [7, 11) is 0. The predicted molar refractivity (Wildman–Crippen MR) is 95.2 cm³/mol. The molecule has 3 fully saturated rings. The lowest BCUT2D eigenvalue weighted by molar-refractivity contribution is -0.211. The van der Waals surface area contributed by atoms with Crippen molar-refractivity contribution in [3.63, 3.8) is 0 Å². The summed E-state index contributed by atoms with van der Waals surface area (Å²) in [5.41, 5.74) is -2.19. The van der Waals surface area contributed by atoms with E-state index in [4.69, 9.17) is 0 Å². The maximum absolute atomic E-state index is 12.4. The summed E-state index contributed by atoms with van der Waals surface area (Å²) in [6, 6.07) is 0. The fourth-order valence-corrected chi connectivity index (χ4v) is 7.24. The lowest BCUT2D eigenvalue weighted by Gasteiger charge is -2.62. The molecule has 0 unspecified atom stereocenters. The highest BCUT2D eigenvalue weighted by Gasteiger charge is 2.70. The Labute approximate surface area is 154 Å². The first-order valence-electron chi connectivity index (χ1n) is 9.95. The van der Waals surface area contributed by atoms with Gasteiger partial charge in [0.25, 0.3) is 0 Å². The zero-order valence-corrected chi connectivity index (χ0v) is 15.8. The van der Waals surface area contributed by atoms with E-state index in [1.807, 2.05) is 6.92 Å². The van der Waals surface area contributed by atoms with Crippen LogP contribution in [0.4, 0.5) is 0 Å². The van der Waals surface area contributed by atoms with Crippen molar-refractivity contribution in [1.29, 1.82) is 0 Å². The molecule has 6 atom stereocenters. The molecule has 0 amide bonds. The number of ketones is 2. The van der Waals surface area contributed by atoms with Gasteiger partial charge in [-0.05, 0) is 68.3 Å². The van der Waals surface area contributed by atoms with Gasteiger partial charge in [0.2, 0.25) is 0 Å². The Morgan fingerprint density at radius 1 is 1.08 bits per heavy atom. The molecule has 0 aromatic heterocycles. The van der Waals surface area contributed by atoms with Crippen LogP contribution in [0.2, 0.25) is 0 Å². The lowest BCUT2D eigenvalue weighted by atomic mass is 9.44. The predicted octanol–water partition coefficient (Wildman–Crippen LogP) is 1.93. The van der Waals surface area contributed by atoms with E-state index in [2.05, 4.69) is 6.92 Å². The van der Waals surface area contributed by atoms with Gasteiger partial charge in [-0.1, -0.05) is 19.4 Å². The summed E-state index contributed by atoms with van der Waals surface area (Å²) in [4.78, 5) is 24.3. The Morgan fingerprint density at radius 2 is 1.77 bits per heavy atom. The van der Waals surface area contributed by atoms with E-state index in [-0.39, 0.29) is 23.0 Å².